The molecule has 5 heteroatoms. The molecular weight excluding hydrogens is 180 g/mol. The van der Waals surface area contributed by atoms with Crippen LogP contribution in [0.25, 0.3) is 0 Å². The van der Waals surface area contributed by atoms with Gasteiger partial charge in [-0.2, -0.15) is 0 Å². The Labute approximate surface area is 83.5 Å². The van der Waals surface area contributed by atoms with E-state index in [-0.39, 0.29) is 11.7 Å². The number of unbranched alkanes of at least 4 members (excludes halogenated alkanes) is 1. The summed E-state index contributed by atoms with van der Waals surface area (Å²) in [4.78, 5) is 17.3. The summed E-state index contributed by atoms with van der Waals surface area (Å²) in [7, 11) is 1.77. The van der Waals surface area contributed by atoms with Crippen LogP contribution >= 0.6 is 0 Å². The van der Waals surface area contributed by atoms with Gasteiger partial charge in [0.25, 0.3) is 5.91 Å². The smallest absolute Gasteiger partial charge is 0.293 e. The van der Waals surface area contributed by atoms with Gasteiger partial charge < -0.3 is 4.90 Å². The molecule has 0 unspecified atom stereocenters. The Morgan fingerprint density at radius 2 is 2.29 bits per heavy atom. The van der Waals surface area contributed by atoms with E-state index in [0.717, 1.165) is 19.4 Å². The van der Waals surface area contributed by atoms with Gasteiger partial charge in [0.2, 0.25) is 5.82 Å². The lowest BCUT2D eigenvalue weighted by Crippen LogP contribution is -2.28. The molecule has 0 radical (unpaired) electrons. The molecule has 78 valence electrons. The highest BCUT2D eigenvalue weighted by Crippen LogP contribution is 1.99. The Hall–Kier alpha value is -1.39. The number of nitrogens with one attached hydrogen (secondary N) is 1. The van der Waals surface area contributed by atoms with E-state index in [1.54, 1.807) is 18.9 Å². The van der Waals surface area contributed by atoms with E-state index in [1.165, 1.54) is 0 Å². The minimum absolute atomic E-state index is 0.122. The third kappa shape index (κ3) is 2.55. The Bertz CT molecular complexity index is 308. The summed E-state index contributed by atoms with van der Waals surface area (Å²) in [6, 6.07) is 0. The van der Waals surface area contributed by atoms with Crippen LogP contribution in [-0.2, 0) is 0 Å². The SMILES string of the molecule is CCCCN(C)C(=O)c1n[nH]c(C)n1. The van der Waals surface area contributed by atoms with Crippen molar-refractivity contribution in [3.05, 3.63) is 11.6 Å². The number of aryl methyl sites for hydroxylation is 1. The lowest BCUT2D eigenvalue weighted by atomic mass is 10.3. The molecule has 0 aromatic carbocycles. The number of carbonyl (C=O) groups is 1. The number of carbonyl (C=O) groups excluding carboxylic acids is 1. The van der Waals surface area contributed by atoms with E-state index in [1.807, 2.05) is 0 Å². The van der Waals surface area contributed by atoms with E-state index in [2.05, 4.69) is 22.1 Å². The average molecular weight is 196 g/mol. The second-order valence-corrected chi connectivity index (χ2v) is 3.32. The van der Waals surface area contributed by atoms with Gasteiger partial charge in [-0.3, -0.25) is 9.89 Å². The van der Waals surface area contributed by atoms with Crippen molar-refractivity contribution in [2.24, 2.45) is 0 Å². The number of amides is 1. The second kappa shape index (κ2) is 4.74. The van der Waals surface area contributed by atoms with Gasteiger partial charge >= 0.3 is 0 Å². The van der Waals surface area contributed by atoms with Crippen LogP contribution in [0, 0.1) is 6.92 Å². The maximum absolute atomic E-state index is 11.6. The van der Waals surface area contributed by atoms with Gasteiger partial charge in [-0.05, 0) is 13.3 Å². The van der Waals surface area contributed by atoms with Crippen molar-refractivity contribution in [2.45, 2.75) is 26.7 Å². The average Bonchev–Trinajstić information content (AvgIpc) is 2.60. The molecule has 0 aliphatic rings. The lowest BCUT2D eigenvalue weighted by Gasteiger charge is -2.13. The summed E-state index contributed by atoms with van der Waals surface area (Å²) < 4.78 is 0. The molecule has 0 spiro atoms. The normalized spacial score (nSPS) is 10.2. The molecular formula is C9H16N4O. The molecule has 14 heavy (non-hydrogen) atoms. The first-order valence-corrected chi connectivity index (χ1v) is 4.79. The Morgan fingerprint density at radius 1 is 1.57 bits per heavy atom. The van der Waals surface area contributed by atoms with E-state index in [0.29, 0.717) is 5.82 Å². The fourth-order valence-electron chi connectivity index (χ4n) is 1.11. The highest BCUT2D eigenvalue weighted by Gasteiger charge is 2.15. The van der Waals surface area contributed by atoms with Crippen molar-refractivity contribution in [3.63, 3.8) is 0 Å². The van der Waals surface area contributed by atoms with Crippen molar-refractivity contribution in [1.82, 2.24) is 20.1 Å². The topological polar surface area (TPSA) is 61.9 Å². The highest BCUT2D eigenvalue weighted by molar-refractivity contribution is 5.90. The van der Waals surface area contributed by atoms with E-state index in [9.17, 15) is 4.79 Å². The molecule has 1 amide bonds. The molecule has 1 aromatic heterocycles. The molecule has 1 N–H and O–H groups in total. The molecule has 5 nitrogen and oxygen atoms in total. The standard InChI is InChI=1S/C9H16N4O/c1-4-5-6-13(3)9(14)8-10-7(2)11-12-8/h4-6H2,1-3H3,(H,10,11,12). The minimum atomic E-state index is -0.122. The molecule has 1 heterocycles. The van der Waals surface area contributed by atoms with Crippen molar-refractivity contribution >= 4 is 5.91 Å². The van der Waals surface area contributed by atoms with Crippen LogP contribution in [0.1, 0.15) is 36.2 Å². The van der Waals surface area contributed by atoms with Gasteiger partial charge in [0.15, 0.2) is 0 Å². The first-order chi connectivity index (χ1) is 6.65. The number of nitrogens with zero attached hydrogens (tertiary/aromatic N) is 3. The number of aromatic amines is 1. The molecule has 0 saturated carbocycles. The summed E-state index contributed by atoms with van der Waals surface area (Å²) in [5.74, 6) is 0.793. The van der Waals surface area contributed by atoms with Gasteiger partial charge in [0.05, 0.1) is 0 Å². The molecule has 0 aliphatic heterocycles. The number of hydrogen-bond acceptors (Lipinski definition) is 3. The van der Waals surface area contributed by atoms with E-state index >= 15 is 0 Å². The van der Waals surface area contributed by atoms with Gasteiger partial charge in [-0.1, -0.05) is 13.3 Å². The summed E-state index contributed by atoms with van der Waals surface area (Å²) >= 11 is 0. The molecule has 0 aliphatic carbocycles. The van der Waals surface area contributed by atoms with E-state index < -0.39 is 0 Å². The molecule has 1 rings (SSSR count). The van der Waals surface area contributed by atoms with Crippen molar-refractivity contribution < 1.29 is 4.79 Å². The van der Waals surface area contributed by atoms with Crippen LogP contribution in [0.3, 0.4) is 0 Å². The Kier molecular flexibility index (Phi) is 3.62. The van der Waals surface area contributed by atoms with Crippen LogP contribution in [0.15, 0.2) is 0 Å². The van der Waals surface area contributed by atoms with Crippen LogP contribution in [0.4, 0.5) is 0 Å². The van der Waals surface area contributed by atoms with Gasteiger partial charge in [-0.25, -0.2) is 4.98 Å². The minimum Gasteiger partial charge on any atom is -0.339 e. The predicted octanol–water partition coefficient (Wildman–Crippen LogP) is 0.985. The largest absolute Gasteiger partial charge is 0.339 e. The number of H-pyrrole nitrogens is 1. The maximum atomic E-state index is 11.6. The van der Waals surface area contributed by atoms with Crippen molar-refractivity contribution in [2.75, 3.05) is 13.6 Å². The van der Waals surface area contributed by atoms with Crippen LogP contribution in [0.5, 0.6) is 0 Å². The zero-order chi connectivity index (χ0) is 10.6. The predicted molar refractivity (Wildman–Crippen MR) is 53.0 cm³/mol. The zero-order valence-electron chi connectivity index (χ0n) is 8.87. The molecule has 0 atom stereocenters. The number of hydrogen-bond donors (Lipinski definition) is 1. The summed E-state index contributed by atoms with van der Waals surface area (Å²) in [6.45, 7) is 4.62. The van der Waals surface area contributed by atoms with Gasteiger partial charge in [0.1, 0.15) is 5.82 Å². The van der Waals surface area contributed by atoms with E-state index in [4.69, 9.17) is 0 Å². The van der Waals surface area contributed by atoms with Crippen molar-refractivity contribution in [1.29, 1.82) is 0 Å². The second-order valence-electron chi connectivity index (χ2n) is 3.32. The number of rotatable bonds is 4. The maximum Gasteiger partial charge on any atom is 0.293 e. The molecule has 0 saturated heterocycles. The quantitative estimate of drug-likeness (QED) is 0.781. The van der Waals surface area contributed by atoms with Gasteiger partial charge in [0, 0.05) is 13.6 Å². The summed E-state index contributed by atoms with van der Waals surface area (Å²) in [6.07, 6.45) is 2.08. The molecule has 1 aromatic rings. The third-order valence-corrected chi connectivity index (χ3v) is 1.98. The van der Waals surface area contributed by atoms with Crippen LogP contribution in [-0.4, -0.2) is 39.6 Å². The van der Waals surface area contributed by atoms with Crippen LogP contribution < -0.4 is 0 Å². The number of aromatic nitrogens is 3. The van der Waals surface area contributed by atoms with Gasteiger partial charge in [-0.15, -0.1) is 5.10 Å². The zero-order valence-corrected chi connectivity index (χ0v) is 8.87. The Morgan fingerprint density at radius 3 is 2.79 bits per heavy atom. The highest BCUT2D eigenvalue weighted by atomic mass is 16.2. The Balaban J connectivity index is 2.56. The summed E-state index contributed by atoms with van der Waals surface area (Å²) in [5, 5.41) is 6.47. The fourth-order valence-corrected chi connectivity index (χ4v) is 1.11. The first-order valence-electron chi connectivity index (χ1n) is 4.79. The molecule has 0 fully saturated rings. The lowest BCUT2D eigenvalue weighted by molar-refractivity contribution is 0.0781. The fraction of sp³-hybridized carbons (Fsp3) is 0.667. The van der Waals surface area contributed by atoms with Crippen molar-refractivity contribution in [3.8, 4) is 0 Å². The first kappa shape index (κ1) is 10.7. The summed E-state index contributed by atoms with van der Waals surface area (Å²) in [5.41, 5.74) is 0. The monoisotopic (exact) mass is 196 g/mol. The van der Waals surface area contributed by atoms with Crippen LogP contribution in [0.2, 0.25) is 0 Å². The third-order valence-electron chi connectivity index (χ3n) is 1.98. The molecule has 0 bridgehead atoms.